The fourth-order valence-electron chi connectivity index (χ4n) is 3.94. The van der Waals surface area contributed by atoms with Crippen LogP contribution in [0, 0.1) is 6.92 Å². The number of benzene rings is 1. The molecule has 1 saturated heterocycles. The van der Waals surface area contributed by atoms with Crippen LogP contribution < -0.4 is 0 Å². The number of carbonyl (C=O) groups excluding carboxylic acids is 1. The lowest BCUT2D eigenvalue weighted by atomic mass is 10.0. The molecule has 1 aromatic carbocycles. The fourth-order valence-corrected chi connectivity index (χ4v) is 5.37. The first kappa shape index (κ1) is 20.2. The molecule has 4 heterocycles. The maximum absolute atomic E-state index is 12.6. The summed E-state index contributed by atoms with van der Waals surface area (Å²) >= 11 is 4.94. The van der Waals surface area contributed by atoms with E-state index >= 15 is 0 Å². The van der Waals surface area contributed by atoms with E-state index in [4.69, 9.17) is 4.42 Å². The molecule has 0 unspecified atom stereocenters. The van der Waals surface area contributed by atoms with Crippen LogP contribution >= 0.6 is 27.3 Å². The molecule has 1 aliphatic heterocycles. The molecule has 31 heavy (non-hydrogen) atoms. The van der Waals surface area contributed by atoms with Gasteiger partial charge in [0.25, 0.3) is 5.91 Å². The Labute approximate surface area is 190 Å². The van der Waals surface area contributed by atoms with Gasteiger partial charge in [-0.3, -0.25) is 9.69 Å². The van der Waals surface area contributed by atoms with Crippen molar-refractivity contribution in [2.45, 2.75) is 13.0 Å². The number of hydrogen-bond acceptors (Lipinski definition) is 7. The second-order valence-electron chi connectivity index (χ2n) is 7.40. The van der Waals surface area contributed by atoms with Crippen LogP contribution in [0.2, 0.25) is 0 Å². The zero-order chi connectivity index (χ0) is 21.5. The van der Waals surface area contributed by atoms with E-state index in [1.54, 1.807) is 24.0 Å². The SMILES string of the molecule is Cc1nc2sc([C@@H](c3ccc(Br)cc3)N3CCN(C(=O)c4ccco4)CC3)c(O)n2n1. The number of amides is 1. The highest BCUT2D eigenvalue weighted by atomic mass is 79.9. The molecule has 8 nitrogen and oxygen atoms in total. The van der Waals surface area contributed by atoms with Gasteiger partial charge in [-0.05, 0) is 36.8 Å². The summed E-state index contributed by atoms with van der Waals surface area (Å²) in [5.74, 6) is 0.999. The lowest BCUT2D eigenvalue weighted by molar-refractivity contribution is 0.0568. The van der Waals surface area contributed by atoms with Crippen LogP contribution in [0.25, 0.3) is 4.96 Å². The Morgan fingerprint density at radius 2 is 1.94 bits per heavy atom. The van der Waals surface area contributed by atoms with Gasteiger partial charge < -0.3 is 14.4 Å². The Morgan fingerprint density at radius 3 is 2.58 bits per heavy atom. The molecule has 1 amide bonds. The number of aromatic hydroxyl groups is 1. The van der Waals surface area contributed by atoms with Crippen molar-refractivity contribution in [3.8, 4) is 5.88 Å². The van der Waals surface area contributed by atoms with Crippen LogP contribution in [0.5, 0.6) is 5.88 Å². The molecule has 1 aliphatic rings. The molecule has 0 bridgehead atoms. The van der Waals surface area contributed by atoms with Gasteiger partial charge in [-0.2, -0.15) is 4.52 Å². The third-order valence-electron chi connectivity index (χ3n) is 5.44. The van der Waals surface area contributed by atoms with Crippen molar-refractivity contribution in [1.29, 1.82) is 0 Å². The van der Waals surface area contributed by atoms with Gasteiger partial charge in [-0.15, -0.1) is 5.10 Å². The highest BCUT2D eigenvalue weighted by Gasteiger charge is 2.33. The van der Waals surface area contributed by atoms with Crippen LogP contribution in [-0.2, 0) is 0 Å². The summed E-state index contributed by atoms with van der Waals surface area (Å²) in [6, 6.07) is 11.3. The van der Waals surface area contributed by atoms with Crippen molar-refractivity contribution in [2.24, 2.45) is 0 Å². The van der Waals surface area contributed by atoms with Gasteiger partial charge in [0.15, 0.2) is 5.76 Å². The van der Waals surface area contributed by atoms with Gasteiger partial charge in [-0.1, -0.05) is 39.4 Å². The van der Waals surface area contributed by atoms with Crippen molar-refractivity contribution in [3.05, 3.63) is 69.2 Å². The van der Waals surface area contributed by atoms with E-state index in [-0.39, 0.29) is 17.8 Å². The first-order chi connectivity index (χ1) is 15.0. The third-order valence-corrected chi connectivity index (χ3v) is 7.04. The van der Waals surface area contributed by atoms with Crippen LogP contribution in [-0.4, -0.2) is 61.6 Å². The maximum atomic E-state index is 12.6. The molecule has 5 rings (SSSR count). The number of aromatic nitrogens is 3. The Morgan fingerprint density at radius 1 is 1.19 bits per heavy atom. The molecule has 0 aliphatic carbocycles. The predicted molar refractivity (Wildman–Crippen MR) is 119 cm³/mol. The fraction of sp³-hybridized carbons (Fsp3) is 0.286. The van der Waals surface area contributed by atoms with Crippen LogP contribution in [0.15, 0.2) is 51.6 Å². The molecule has 1 N–H and O–H groups in total. The van der Waals surface area contributed by atoms with Crippen molar-refractivity contribution in [1.82, 2.24) is 24.4 Å². The van der Waals surface area contributed by atoms with Crippen LogP contribution in [0.4, 0.5) is 0 Å². The van der Waals surface area contributed by atoms with Gasteiger partial charge in [0, 0.05) is 30.7 Å². The van der Waals surface area contributed by atoms with E-state index < -0.39 is 0 Å². The van der Waals surface area contributed by atoms with E-state index in [0.717, 1.165) is 14.9 Å². The summed E-state index contributed by atoms with van der Waals surface area (Å²) in [6.07, 6.45) is 1.51. The Kier molecular flexibility index (Phi) is 5.28. The largest absolute Gasteiger partial charge is 0.492 e. The minimum Gasteiger partial charge on any atom is -0.492 e. The second-order valence-corrected chi connectivity index (χ2v) is 9.33. The average molecular weight is 502 g/mol. The van der Waals surface area contributed by atoms with Crippen molar-refractivity contribution >= 4 is 38.1 Å². The molecular formula is C21H20BrN5O3S. The number of halogens is 1. The van der Waals surface area contributed by atoms with Crippen molar-refractivity contribution < 1.29 is 14.3 Å². The summed E-state index contributed by atoms with van der Waals surface area (Å²) in [5, 5.41) is 15.3. The standard InChI is InChI=1S/C21H20BrN5O3S/c1-13-23-21-27(24-13)20(29)18(31-21)17(14-4-6-15(22)7-5-14)25-8-10-26(11-9-25)19(28)16-3-2-12-30-16/h2-7,12,17,29H,8-11H2,1H3/t17-/m1/s1. The second kappa shape index (κ2) is 8.10. The molecular weight excluding hydrogens is 482 g/mol. The highest BCUT2D eigenvalue weighted by Crippen LogP contribution is 2.40. The van der Waals surface area contributed by atoms with E-state index in [9.17, 15) is 9.90 Å². The normalized spacial score (nSPS) is 16.1. The number of fused-ring (bicyclic) bond motifs is 1. The Hall–Kier alpha value is -2.69. The zero-order valence-electron chi connectivity index (χ0n) is 16.7. The number of furan rings is 1. The molecule has 160 valence electrons. The smallest absolute Gasteiger partial charge is 0.289 e. The van der Waals surface area contributed by atoms with Gasteiger partial charge >= 0.3 is 0 Å². The van der Waals surface area contributed by atoms with E-state index in [1.165, 1.54) is 22.1 Å². The number of hydrogen-bond donors (Lipinski definition) is 1. The van der Waals surface area contributed by atoms with Crippen LogP contribution in [0.1, 0.15) is 32.9 Å². The summed E-state index contributed by atoms with van der Waals surface area (Å²) in [5.41, 5.74) is 1.06. The van der Waals surface area contributed by atoms with E-state index in [2.05, 4.69) is 43.0 Å². The maximum Gasteiger partial charge on any atom is 0.289 e. The molecule has 0 saturated carbocycles. The molecule has 4 aromatic rings. The quantitative estimate of drug-likeness (QED) is 0.458. The summed E-state index contributed by atoms with van der Waals surface area (Å²) in [4.78, 5) is 22.6. The molecule has 1 fully saturated rings. The van der Waals surface area contributed by atoms with Crippen molar-refractivity contribution in [3.63, 3.8) is 0 Å². The minimum absolute atomic E-state index is 0.0954. The first-order valence-electron chi connectivity index (χ1n) is 9.88. The summed E-state index contributed by atoms with van der Waals surface area (Å²) < 4.78 is 7.76. The first-order valence-corrected chi connectivity index (χ1v) is 11.5. The van der Waals surface area contributed by atoms with Gasteiger partial charge in [0.05, 0.1) is 17.2 Å². The molecule has 3 aromatic heterocycles. The van der Waals surface area contributed by atoms with E-state index in [1.807, 2.05) is 12.1 Å². The summed E-state index contributed by atoms with van der Waals surface area (Å²) in [6.45, 7) is 4.29. The Bertz CT molecular complexity index is 1210. The third kappa shape index (κ3) is 3.75. The van der Waals surface area contributed by atoms with E-state index in [0.29, 0.717) is 42.7 Å². The number of carbonyl (C=O) groups is 1. The number of rotatable bonds is 4. The minimum atomic E-state index is -0.164. The van der Waals surface area contributed by atoms with Gasteiger partial charge in [-0.25, -0.2) is 4.98 Å². The van der Waals surface area contributed by atoms with Crippen molar-refractivity contribution in [2.75, 3.05) is 26.2 Å². The topological polar surface area (TPSA) is 87.1 Å². The highest BCUT2D eigenvalue weighted by molar-refractivity contribution is 9.10. The lowest BCUT2D eigenvalue weighted by Gasteiger charge is -2.38. The molecule has 10 heteroatoms. The average Bonchev–Trinajstić information content (AvgIpc) is 3.49. The summed E-state index contributed by atoms with van der Waals surface area (Å²) in [7, 11) is 0. The number of piperazine rings is 1. The monoisotopic (exact) mass is 501 g/mol. The number of thiazole rings is 1. The number of aryl methyl sites for hydroxylation is 1. The van der Waals surface area contributed by atoms with Gasteiger partial charge in [0.1, 0.15) is 5.82 Å². The lowest BCUT2D eigenvalue weighted by Crippen LogP contribution is -2.49. The predicted octanol–water partition coefficient (Wildman–Crippen LogP) is 3.71. The van der Waals surface area contributed by atoms with Gasteiger partial charge in [0.2, 0.25) is 10.8 Å². The Balaban J connectivity index is 1.45. The molecule has 1 atom stereocenters. The zero-order valence-corrected chi connectivity index (χ0v) is 19.1. The van der Waals surface area contributed by atoms with Crippen LogP contribution in [0.3, 0.4) is 0 Å². The number of nitrogens with zero attached hydrogens (tertiary/aromatic N) is 5. The molecule has 0 radical (unpaired) electrons. The molecule has 0 spiro atoms.